The van der Waals surface area contributed by atoms with Crippen LogP contribution in [0.3, 0.4) is 0 Å². The topological polar surface area (TPSA) is 92.7 Å². The van der Waals surface area contributed by atoms with Gasteiger partial charge in [0.25, 0.3) is 0 Å². The molecule has 0 aliphatic heterocycles. The molecule has 1 rings (SSSR count). The average Bonchev–Trinajstić information content (AvgIpc) is 2.36. The van der Waals surface area contributed by atoms with Crippen LogP contribution in [0.25, 0.3) is 0 Å². The molecular weight excluding hydrogens is 282 g/mol. The molecule has 2 N–H and O–H groups in total. The quantitative estimate of drug-likeness (QED) is 0.738. The van der Waals surface area contributed by atoms with Crippen molar-refractivity contribution in [2.75, 3.05) is 6.61 Å². The van der Waals surface area contributed by atoms with Gasteiger partial charge in [-0.2, -0.15) is 8.42 Å². The zero-order valence-corrected chi connectivity index (χ0v) is 12.3. The Hall–Kier alpha value is -1.44. The molecule has 0 aromatic heterocycles. The third-order valence-corrected chi connectivity index (χ3v) is 3.05. The van der Waals surface area contributed by atoms with Crippen molar-refractivity contribution < 1.29 is 21.9 Å². The van der Waals surface area contributed by atoms with Gasteiger partial charge in [-0.25, -0.2) is 4.18 Å². The molecule has 0 unspecified atom stereocenters. The van der Waals surface area contributed by atoms with Crippen LogP contribution in [-0.2, 0) is 25.8 Å². The summed E-state index contributed by atoms with van der Waals surface area (Å²) in [5.74, 6) is -0.427. The third kappa shape index (κ3) is 6.65. The van der Waals surface area contributed by atoms with Gasteiger partial charge in [-0.05, 0) is 12.0 Å². The Morgan fingerprint density at radius 3 is 2.40 bits per heavy atom. The van der Waals surface area contributed by atoms with Gasteiger partial charge in [0.1, 0.15) is 0 Å². The summed E-state index contributed by atoms with van der Waals surface area (Å²) in [6.45, 7) is 3.16. The zero-order valence-electron chi connectivity index (χ0n) is 11.4. The van der Waals surface area contributed by atoms with Crippen LogP contribution >= 0.6 is 0 Å². The Morgan fingerprint density at radius 2 is 1.90 bits per heavy atom. The van der Waals surface area contributed by atoms with E-state index in [2.05, 4.69) is 9.50 Å². The average molecular weight is 301 g/mol. The first-order valence-electron chi connectivity index (χ1n) is 6.24. The first kappa shape index (κ1) is 16.6. The molecule has 7 heteroatoms. The summed E-state index contributed by atoms with van der Waals surface area (Å²) in [6.07, 6.45) is 0.412. The number of hydrogen-bond donors (Lipinski definition) is 2. The minimum Gasteiger partial charge on any atom is -0.350 e. The van der Waals surface area contributed by atoms with Crippen LogP contribution in [0.4, 0.5) is 0 Å². The number of rotatable bonds is 7. The van der Waals surface area contributed by atoms with Crippen LogP contribution in [-0.4, -0.2) is 31.5 Å². The van der Waals surface area contributed by atoms with Gasteiger partial charge in [0.15, 0.2) is 0 Å². The molecule has 0 aliphatic carbocycles. The summed E-state index contributed by atoms with van der Waals surface area (Å²) >= 11 is 0. The first-order chi connectivity index (χ1) is 9.28. The van der Waals surface area contributed by atoms with Crippen LogP contribution in [0, 0.1) is 5.92 Å². The van der Waals surface area contributed by atoms with Crippen LogP contribution in [0.2, 0.25) is 0 Å². The Labute approximate surface area is 119 Å². The number of hydrogen-bond acceptors (Lipinski definition) is 4. The number of nitrogens with one attached hydrogen (secondary N) is 1. The molecule has 0 saturated heterocycles. The summed E-state index contributed by atoms with van der Waals surface area (Å²) in [6, 6.07) is 8.75. The molecule has 0 radical (unpaired) electrons. The van der Waals surface area contributed by atoms with Crippen LogP contribution < -0.4 is 5.32 Å². The highest BCUT2D eigenvalue weighted by atomic mass is 32.3. The lowest BCUT2D eigenvalue weighted by atomic mass is 10.1. The Morgan fingerprint density at radius 1 is 1.30 bits per heavy atom. The van der Waals surface area contributed by atoms with E-state index in [1.54, 1.807) is 13.8 Å². The monoisotopic (exact) mass is 301 g/mol. The Kier molecular flexibility index (Phi) is 6.12. The van der Waals surface area contributed by atoms with Crippen molar-refractivity contribution in [3.8, 4) is 0 Å². The largest absolute Gasteiger partial charge is 0.397 e. The summed E-state index contributed by atoms with van der Waals surface area (Å²) in [5, 5.41) is 2.70. The van der Waals surface area contributed by atoms with Gasteiger partial charge < -0.3 is 5.32 Å². The molecule has 20 heavy (non-hydrogen) atoms. The summed E-state index contributed by atoms with van der Waals surface area (Å²) < 4.78 is 34.2. The second kappa shape index (κ2) is 7.37. The molecule has 112 valence electrons. The molecule has 0 fully saturated rings. The molecule has 1 aromatic rings. The van der Waals surface area contributed by atoms with E-state index >= 15 is 0 Å². The van der Waals surface area contributed by atoms with E-state index in [9.17, 15) is 13.2 Å². The molecule has 0 spiro atoms. The van der Waals surface area contributed by atoms with Crippen molar-refractivity contribution in [2.24, 2.45) is 5.92 Å². The lowest BCUT2D eigenvalue weighted by molar-refractivity contribution is -0.124. The van der Waals surface area contributed by atoms with E-state index in [0.29, 0.717) is 6.42 Å². The van der Waals surface area contributed by atoms with Crippen LogP contribution in [0.15, 0.2) is 30.3 Å². The van der Waals surface area contributed by atoms with E-state index in [4.69, 9.17) is 4.55 Å². The van der Waals surface area contributed by atoms with E-state index in [0.717, 1.165) is 5.56 Å². The van der Waals surface area contributed by atoms with Gasteiger partial charge in [-0.1, -0.05) is 44.2 Å². The summed E-state index contributed by atoms with van der Waals surface area (Å²) in [4.78, 5) is 11.7. The van der Waals surface area contributed by atoms with Crippen molar-refractivity contribution in [2.45, 2.75) is 26.3 Å². The number of benzene rings is 1. The lowest BCUT2D eigenvalue weighted by Gasteiger charge is -2.19. The number of carbonyl (C=O) groups is 1. The molecule has 1 atom stereocenters. The van der Waals surface area contributed by atoms with Gasteiger partial charge in [0.2, 0.25) is 5.91 Å². The second-order valence-corrected chi connectivity index (χ2v) is 5.85. The minimum absolute atomic E-state index is 0.204. The van der Waals surface area contributed by atoms with Crippen molar-refractivity contribution in [3.63, 3.8) is 0 Å². The van der Waals surface area contributed by atoms with Gasteiger partial charge in [-0.3, -0.25) is 9.35 Å². The van der Waals surface area contributed by atoms with Gasteiger partial charge in [0.05, 0.1) is 12.6 Å². The van der Waals surface area contributed by atoms with Gasteiger partial charge in [0, 0.05) is 5.92 Å². The normalized spacial score (nSPS) is 13.2. The predicted molar refractivity (Wildman–Crippen MR) is 74.4 cm³/mol. The van der Waals surface area contributed by atoms with Crippen molar-refractivity contribution in [1.82, 2.24) is 5.32 Å². The van der Waals surface area contributed by atoms with Crippen LogP contribution in [0.5, 0.6) is 0 Å². The fraction of sp³-hybridized carbons (Fsp3) is 0.462. The highest BCUT2D eigenvalue weighted by molar-refractivity contribution is 7.80. The van der Waals surface area contributed by atoms with E-state index < -0.39 is 16.4 Å². The Bertz CT molecular complexity index is 527. The molecule has 0 aliphatic rings. The molecule has 0 bridgehead atoms. The highest BCUT2D eigenvalue weighted by Gasteiger charge is 2.18. The zero-order chi connectivity index (χ0) is 15.2. The highest BCUT2D eigenvalue weighted by Crippen LogP contribution is 2.06. The molecule has 1 aromatic carbocycles. The van der Waals surface area contributed by atoms with Crippen molar-refractivity contribution in [1.29, 1.82) is 0 Å². The smallest absolute Gasteiger partial charge is 0.350 e. The fourth-order valence-electron chi connectivity index (χ4n) is 1.59. The van der Waals surface area contributed by atoms with E-state index in [-0.39, 0.29) is 18.4 Å². The fourth-order valence-corrected chi connectivity index (χ4v) is 1.92. The van der Waals surface area contributed by atoms with Gasteiger partial charge >= 0.3 is 10.4 Å². The molecule has 6 nitrogen and oxygen atoms in total. The lowest BCUT2D eigenvalue weighted by Crippen LogP contribution is -2.42. The number of carbonyl (C=O) groups excluding carboxylic acids is 1. The standard InChI is InChI=1S/C13H19NO5S/c1-10(2)13(15)14-12(9-19-20(16,17)18)8-11-6-4-3-5-7-11/h3-7,10,12H,8-9H2,1-2H3,(H,14,15)(H,16,17,18)/t12-/m0/s1. The maximum absolute atomic E-state index is 11.7. The van der Waals surface area contributed by atoms with Crippen molar-refractivity contribution in [3.05, 3.63) is 35.9 Å². The first-order valence-corrected chi connectivity index (χ1v) is 7.60. The third-order valence-electron chi connectivity index (χ3n) is 2.61. The summed E-state index contributed by atoms with van der Waals surface area (Å²) in [5.41, 5.74) is 0.931. The molecule has 0 saturated carbocycles. The maximum atomic E-state index is 11.7. The Balaban J connectivity index is 2.70. The SMILES string of the molecule is CC(C)C(=O)N[C@H](COS(=O)(=O)O)Cc1ccccc1. The van der Waals surface area contributed by atoms with Gasteiger partial charge in [-0.15, -0.1) is 0 Å². The summed E-state index contributed by atoms with van der Waals surface area (Å²) in [7, 11) is -4.52. The predicted octanol–water partition coefficient (Wildman–Crippen LogP) is 1.19. The molecular formula is C13H19NO5S. The second-order valence-electron chi connectivity index (χ2n) is 4.76. The minimum atomic E-state index is -4.52. The van der Waals surface area contributed by atoms with E-state index in [1.165, 1.54) is 0 Å². The molecule has 0 heterocycles. The van der Waals surface area contributed by atoms with E-state index in [1.807, 2.05) is 30.3 Å². The number of amides is 1. The maximum Gasteiger partial charge on any atom is 0.397 e. The molecule has 1 amide bonds. The van der Waals surface area contributed by atoms with Crippen LogP contribution in [0.1, 0.15) is 19.4 Å². The van der Waals surface area contributed by atoms with Crippen molar-refractivity contribution >= 4 is 16.3 Å².